The van der Waals surface area contributed by atoms with Gasteiger partial charge in [-0.25, -0.2) is 0 Å². The summed E-state index contributed by atoms with van der Waals surface area (Å²) in [6.07, 6.45) is 0. The second kappa shape index (κ2) is 10.4. The van der Waals surface area contributed by atoms with Crippen molar-refractivity contribution in [2.75, 3.05) is 26.3 Å². The zero-order valence-electron chi connectivity index (χ0n) is 14.3. The molecule has 8 heteroatoms. The highest BCUT2D eigenvalue weighted by molar-refractivity contribution is 7.99. The van der Waals surface area contributed by atoms with Gasteiger partial charge in [0, 0.05) is 33.5 Å². The molecule has 0 spiro atoms. The quantitative estimate of drug-likeness (QED) is 0.581. The van der Waals surface area contributed by atoms with Crippen LogP contribution in [-0.2, 0) is 4.79 Å². The van der Waals surface area contributed by atoms with E-state index in [1.807, 2.05) is 6.07 Å². The van der Waals surface area contributed by atoms with Crippen molar-refractivity contribution in [2.45, 2.75) is 9.79 Å². The molecule has 0 aliphatic heterocycles. The minimum absolute atomic E-state index is 0.120. The van der Waals surface area contributed by atoms with Gasteiger partial charge in [-0.2, -0.15) is 0 Å². The lowest BCUT2D eigenvalue weighted by Gasteiger charge is -2.22. The molecule has 0 radical (unpaired) electrons. The Morgan fingerprint density at radius 1 is 0.963 bits per heavy atom. The highest BCUT2D eigenvalue weighted by Gasteiger charge is 2.18. The van der Waals surface area contributed by atoms with Crippen molar-refractivity contribution in [3.63, 3.8) is 0 Å². The molecule has 4 nitrogen and oxygen atoms in total. The Labute approximate surface area is 177 Å². The van der Waals surface area contributed by atoms with Crippen LogP contribution in [0.3, 0.4) is 0 Å². The first-order valence-electron chi connectivity index (χ1n) is 8.00. The highest BCUT2D eigenvalue weighted by Crippen LogP contribution is 2.39. The van der Waals surface area contributed by atoms with Crippen LogP contribution in [0.25, 0.3) is 5.57 Å². The predicted octanol–water partition coefficient (Wildman–Crippen LogP) is 4.62. The number of carbonyl (C=O) groups excluding carboxylic acids is 1. The summed E-state index contributed by atoms with van der Waals surface area (Å²) in [6, 6.07) is 10.4. The largest absolute Gasteiger partial charge is 0.395 e. The molecule has 0 unspecified atom stereocenters. The van der Waals surface area contributed by atoms with E-state index >= 15 is 0 Å². The molecule has 2 aromatic carbocycles. The minimum atomic E-state index is -0.365. The van der Waals surface area contributed by atoms with E-state index < -0.39 is 0 Å². The monoisotopic (exact) mass is 445 g/mol. The second-order valence-electron chi connectivity index (χ2n) is 5.54. The highest BCUT2D eigenvalue weighted by atomic mass is 35.5. The number of aliphatic hydroxyl groups excluding tert-OH is 2. The zero-order chi connectivity index (χ0) is 20.0. The van der Waals surface area contributed by atoms with E-state index in [0.29, 0.717) is 20.6 Å². The zero-order valence-corrected chi connectivity index (χ0v) is 17.4. The Balaban J connectivity index is 2.20. The number of nitrogens with zero attached hydrogens (tertiary/aromatic N) is 1. The summed E-state index contributed by atoms with van der Waals surface area (Å²) in [6.45, 7) is 3.68. The molecule has 2 rings (SSSR count). The van der Waals surface area contributed by atoms with Gasteiger partial charge < -0.3 is 15.1 Å². The van der Waals surface area contributed by atoms with Crippen molar-refractivity contribution in [3.8, 4) is 0 Å². The van der Waals surface area contributed by atoms with Crippen LogP contribution in [0.1, 0.15) is 5.56 Å². The summed E-state index contributed by atoms with van der Waals surface area (Å²) in [5.74, 6) is -0.365. The minimum Gasteiger partial charge on any atom is -0.395 e. The van der Waals surface area contributed by atoms with Gasteiger partial charge in [-0.1, -0.05) is 59.2 Å². The van der Waals surface area contributed by atoms with Crippen LogP contribution >= 0.6 is 46.6 Å². The van der Waals surface area contributed by atoms with Gasteiger partial charge in [0.05, 0.1) is 23.3 Å². The normalized spacial score (nSPS) is 10.7. The second-order valence-corrected chi connectivity index (χ2v) is 7.87. The molecule has 0 saturated heterocycles. The molecular weight excluding hydrogens is 429 g/mol. The summed E-state index contributed by atoms with van der Waals surface area (Å²) in [5.41, 5.74) is 0.803. The van der Waals surface area contributed by atoms with Crippen LogP contribution in [0.4, 0.5) is 0 Å². The van der Waals surface area contributed by atoms with E-state index in [1.165, 1.54) is 16.7 Å². The van der Waals surface area contributed by atoms with Crippen LogP contribution in [0, 0.1) is 0 Å². The van der Waals surface area contributed by atoms with Crippen LogP contribution in [-0.4, -0.2) is 47.3 Å². The third-order valence-electron chi connectivity index (χ3n) is 3.68. The maximum absolute atomic E-state index is 12.5. The Morgan fingerprint density at radius 2 is 1.52 bits per heavy atom. The number of carbonyl (C=O) groups is 1. The molecule has 144 valence electrons. The molecule has 0 heterocycles. The van der Waals surface area contributed by atoms with Crippen molar-refractivity contribution in [1.29, 1.82) is 0 Å². The molecule has 0 aromatic heterocycles. The molecule has 0 atom stereocenters. The van der Waals surface area contributed by atoms with Crippen LogP contribution in [0.2, 0.25) is 15.1 Å². The molecule has 0 aliphatic carbocycles. The average Bonchev–Trinajstić information content (AvgIpc) is 2.64. The van der Waals surface area contributed by atoms with Crippen molar-refractivity contribution < 1.29 is 15.0 Å². The van der Waals surface area contributed by atoms with Crippen LogP contribution in [0.15, 0.2) is 52.8 Å². The molecule has 0 fully saturated rings. The van der Waals surface area contributed by atoms with Crippen LogP contribution in [0.5, 0.6) is 0 Å². The van der Waals surface area contributed by atoms with E-state index in [4.69, 9.17) is 45.0 Å². The third kappa shape index (κ3) is 5.88. The van der Waals surface area contributed by atoms with Crippen molar-refractivity contribution >= 4 is 58.0 Å². The van der Waals surface area contributed by atoms with Crippen molar-refractivity contribution in [1.82, 2.24) is 4.90 Å². The summed E-state index contributed by atoms with van der Waals surface area (Å²) in [4.78, 5) is 15.4. The summed E-state index contributed by atoms with van der Waals surface area (Å²) in [5, 5.41) is 19.7. The maximum Gasteiger partial charge on any atom is 0.254 e. The number of hydrogen-bond acceptors (Lipinski definition) is 4. The number of benzene rings is 2. The summed E-state index contributed by atoms with van der Waals surface area (Å²) in [7, 11) is 0. The fourth-order valence-electron chi connectivity index (χ4n) is 2.32. The van der Waals surface area contributed by atoms with E-state index in [0.717, 1.165) is 9.79 Å². The van der Waals surface area contributed by atoms with Crippen molar-refractivity contribution in [2.24, 2.45) is 0 Å². The van der Waals surface area contributed by atoms with Crippen molar-refractivity contribution in [3.05, 3.63) is 63.6 Å². The molecule has 1 amide bonds. The van der Waals surface area contributed by atoms with E-state index in [9.17, 15) is 4.79 Å². The first-order valence-corrected chi connectivity index (χ1v) is 9.95. The smallest absolute Gasteiger partial charge is 0.254 e. The average molecular weight is 447 g/mol. The first kappa shape index (κ1) is 22.1. The SMILES string of the molecule is C=C(C(=O)N(CCO)CCO)c1ccc(Sc2ccc(Cl)cc2Cl)c(Cl)c1. The maximum atomic E-state index is 12.5. The third-order valence-corrected chi connectivity index (χ3v) is 5.92. The van der Waals surface area contributed by atoms with Gasteiger partial charge in [-0.15, -0.1) is 0 Å². The topological polar surface area (TPSA) is 60.8 Å². The number of amides is 1. The van der Waals surface area contributed by atoms with E-state index in [-0.39, 0.29) is 37.8 Å². The fraction of sp³-hybridized carbons (Fsp3) is 0.211. The fourth-order valence-corrected chi connectivity index (χ4v) is 3.96. The summed E-state index contributed by atoms with van der Waals surface area (Å²) >= 11 is 19.9. The molecule has 0 saturated carbocycles. The van der Waals surface area contributed by atoms with Gasteiger partial charge in [0.25, 0.3) is 5.91 Å². The predicted molar refractivity (Wildman–Crippen MR) is 112 cm³/mol. The summed E-state index contributed by atoms with van der Waals surface area (Å²) < 4.78 is 0. The molecule has 2 aromatic rings. The van der Waals surface area contributed by atoms with Gasteiger partial charge in [-0.3, -0.25) is 4.79 Å². The molecule has 27 heavy (non-hydrogen) atoms. The molecule has 0 aliphatic rings. The Morgan fingerprint density at radius 3 is 2.04 bits per heavy atom. The van der Waals surface area contributed by atoms with Gasteiger partial charge in [0.15, 0.2) is 0 Å². The number of hydrogen-bond donors (Lipinski definition) is 2. The Bertz CT molecular complexity index is 839. The lowest BCUT2D eigenvalue weighted by atomic mass is 10.1. The Kier molecular flexibility index (Phi) is 8.48. The van der Waals surface area contributed by atoms with E-state index in [1.54, 1.807) is 30.3 Å². The number of halogens is 3. The molecular formula is C19H18Cl3NO3S. The molecule has 2 N–H and O–H groups in total. The number of aliphatic hydroxyl groups is 2. The van der Waals surface area contributed by atoms with Crippen LogP contribution < -0.4 is 0 Å². The number of rotatable bonds is 8. The van der Waals surface area contributed by atoms with Gasteiger partial charge >= 0.3 is 0 Å². The Hall–Kier alpha value is -1.21. The van der Waals surface area contributed by atoms with Gasteiger partial charge in [0.1, 0.15) is 0 Å². The van der Waals surface area contributed by atoms with Gasteiger partial charge in [0.2, 0.25) is 0 Å². The lowest BCUT2D eigenvalue weighted by molar-refractivity contribution is -0.126. The molecule has 0 bridgehead atoms. The lowest BCUT2D eigenvalue weighted by Crippen LogP contribution is -2.36. The standard InChI is InChI=1S/C19H18Cl3NO3S/c1-12(19(26)23(6-8-24)7-9-25)13-2-4-17(15(21)10-13)27-18-5-3-14(20)11-16(18)22/h2-5,10-11,24-25H,1,6-9H2. The van der Waals surface area contributed by atoms with E-state index in [2.05, 4.69) is 6.58 Å². The first-order chi connectivity index (χ1) is 12.9. The van der Waals surface area contributed by atoms with Gasteiger partial charge in [-0.05, 0) is 35.9 Å².